The molecule has 6 aromatic carbocycles. The first kappa shape index (κ1) is 33.6. The molecule has 0 amide bonds. The fraction of sp³-hybridized carbons (Fsp3) is 0.143. The summed E-state index contributed by atoms with van der Waals surface area (Å²) in [7, 11) is 2.10. The third-order valence-electron chi connectivity index (χ3n) is 9.85. The zero-order valence-corrected chi connectivity index (χ0v) is 29.9. The summed E-state index contributed by atoms with van der Waals surface area (Å²) in [5.74, 6) is 0. The summed E-state index contributed by atoms with van der Waals surface area (Å²) in [6, 6.07) is 50.3. The average Bonchev–Trinajstić information content (AvgIpc) is 3.18. The quantitative estimate of drug-likeness (QED) is 0.157. The Balaban J connectivity index is 0.000000313. The van der Waals surface area contributed by atoms with E-state index in [4.69, 9.17) is 0 Å². The summed E-state index contributed by atoms with van der Waals surface area (Å²) in [5.41, 5.74) is 12.8. The summed E-state index contributed by atoms with van der Waals surface area (Å²) >= 11 is 0. The molecule has 0 spiro atoms. The van der Waals surface area contributed by atoms with Crippen LogP contribution in [0.4, 0.5) is 22.7 Å². The number of aryl methyl sites for hydroxylation is 2. The van der Waals surface area contributed by atoms with Crippen LogP contribution in [0.1, 0.15) is 47.6 Å². The van der Waals surface area contributed by atoms with Gasteiger partial charge in [-0.3, -0.25) is 0 Å². The SMILES string of the molecule is CC1=Cc2ccc(N(c3ccc(/C=C/c4ccc(N(C)c5ccccc5)cc4)cc3)C3C=CC=CC3)cc2CC1.Cc1ccc2ccccc2c1. The van der Waals surface area contributed by atoms with Crippen molar-refractivity contribution in [1.29, 1.82) is 0 Å². The van der Waals surface area contributed by atoms with Gasteiger partial charge in [0.2, 0.25) is 0 Å². The molecule has 1 atom stereocenters. The number of anilines is 4. The Labute approximate surface area is 304 Å². The predicted molar refractivity (Wildman–Crippen MR) is 222 cm³/mol. The van der Waals surface area contributed by atoms with Crippen LogP contribution in [0.2, 0.25) is 0 Å². The molecular formula is C49H46N2. The number of rotatable bonds is 7. The van der Waals surface area contributed by atoms with E-state index in [0.717, 1.165) is 19.3 Å². The molecule has 0 aromatic heterocycles. The van der Waals surface area contributed by atoms with Crippen molar-refractivity contribution in [2.45, 2.75) is 39.2 Å². The number of allylic oxidation sites excluding steroid dienone is 3. The second-order valence-corrected chi connectivity index (χ2v) is 13.6. The summed E-state index contributed by atoms with van der Waals surface area (Å²) in [4.78, 5) is 4.69. The molecule has 51 heavy (non-hydrogen) atoms. The highest BCUT2D eigenvalue weighted by Crippen LogP contribution is 2.35. The first-order valence-electron chi connectivity index (χ1n) is 18.1. The molecule has 2 aliphatic rings. The van der Waals surface area contributed by atoms with E-state index in [2.05, 4.69) is 207 Å². The monoisotopic (exact) mass is 662 g/mol. The standard InChI is InChI=1S/C38H36N2.C11H10/c1-29-13-20-33-28-38(26-21-32(33)27-29)40(36-11-7-4-8-12-36)37-24-18-31(19-25-37)15-14-30-16-22-35(23-17-30)39(2)34-9-5-3-6-10-34;1-9-6-7-10-4-2-3-5-11(10)8-9/h3-11,14-19,21-28,36H,12-13,20H2,1-2H3;2-8H,1H3/b15-14+;. The van der Waals surface area contributed by atoms with E-state index >= 15 is 0 Å². The van der Waals surface area contributed by atoms with E-state index < -0.39 is 0 Å². The van der Waals surface area contributed by atoms with Gasteiger partial charge in [-0.15, -0.1) is 0 Å². The maximum Gasteiger partial charge on any atom is 0.0559 e. The molecule has 2 heteroatoms. The van der Waals surface area contributed by atoms with Crippen molar-refractivity contribution >= 4 is 51.8 Å². The van der Waals surface area contributed by atoms with Gasteiger partial charge in [0.05, 0.1) is 6.04 Å². The highest BCUT2D eigenvalue weighted by atomic mass is 15.2. The molecule has 0 fully saturated rings. The Morgan fingerprint density at radius 3 is 1.92 bits per heavy atom. The molecule has 2 aliphatic carbocycles. The zero-order valence-electron chi connectivity index (χ0n) is 29.9. The summed E-state index contributed by atoms with van der Waals surface area (Å²) < 4.78 is 0. The number of fused-ring (bicyclic) bond motifs is 2. The Morgan fingerprint density at radius 2 is 1.22 bits per heavy atom. The van der Waals surface area contributed by atoms with Crippen molar-refractivity contribution in [2.24, 2.45) is 0 Å². The van der Waals surface area contributed by atoms with E-state index in [1.165, 1.54) is 66.9 Å². The maximum atomic E-state index is 2.49. The van der Waals surface area contributed by atoms with Crippen LogP contribution in [-0.2, 0) is 6.42 Å². The molecule has 1 unspecified atom stereocenters. The minimum absolute atomic E-state index is 0.304. The minimum Gasteiger partial charge on any atom is -0.345 e. The normalized spacial score (nSPS) is 14.8. The van der Waals surface area contributed by atoms with Crippen molar-refractivity contribution in [3.8, 4) is 0 Å². The largest absolute Gasteiger partial charge is 0.345 e. The second kappa shape index (κ2) is 15.8. The first-order valence-corrected chi connectivity index (χ1v) is 18.1. The van der Waals surface area contributed by atoms with Crippen molar-refractivity contribution < 1.29 is 0 Å². The number of benzene rings is 6. The summed E-state index contributed by atoms with van der Waals surface area (Å²) in [5, 5.41) is 2.64. The van der Waals surface area contributed by atoms with Crippen molar-refractivity contribution in [2.75, 3.05) is 16.8 Å². The van der Waals surface area contributed by atoms with Crippen LogP contribution in [-0.4, -0.2) is 13.1 Å². The Bertz CT molecular complexity index is 2200. The summed E-state index contributed by atoms with van der Waals surface area (Å²) in [6.45, 7) is 4.35. The molecule has 8 rings (SSSR count). The first-order chi connectivity index (χ1) is 25.0. The number of hydrogen-bond acceptors (Lipinski definition) is 2. The molecule has 0 heterocycles. The van der Waals surface area contributed by atoms with Crippen LogP contribution in [0.5, 0.6) is 0 Å². The Morgan fingerprint density at radius 1 is 0.569 bits per heavy atom. The molecule has 252 valence electrons. The lowest BCUT2D eigenvalue weighted by Crippen LogP contribution is -2.30. The molecular weight excluding hydrogens is 617 g/mol. The van der Waals surface area contributed by atoms with Crippen molar-refractivity contribution in [1.82, 2.24) is 0 Å². The molecule has 0 radical (unpaired) electrons. The molecule has 0 saturated heterocycles. The van der Waals surface area contributed by atoms with Crippen LogP contribution in [0, 0.1) is 6.92 Å². The van der Waals surface area contributed by atoms with E-state index in [0.29, 0.717) is 6.04 Å². The smallest absolute Gasteiger partial charge is 0.0559 e. The van der Waals surface area contributed by atoms with E-state index in [9.17, 15) is 0 Å². The molecule has 0 saturated carbocycles. The maximum absolute atomic E-state index is 2.49. The lowest BCUT2D eigenvalue weighted by Gasteiger charge is -2.33. The molecule has 0 N–H and O–H groups in total. The number of nitrogens with zero attached hydrogens (tertiary/aromatic N) is 2. The van der Waals surface area contributed by atoms with E-state index in [1.807, 2.05) is 6.07 Å². The topological polar surface area (TPSA) is 6.48 Å². The average molecular weight is 663 g/mol. The molecule has 0 aliphatic heterocycles. The Hall–Kier alpha value is -5.86. The van der Waals surface area contributed by atoms with E-state index in [-0.39, 0.29) is 0 Å². The predicted octanol–water partition coefficient (Wildman–Crippen LogP) is 13.1. The second-order valence-electron chi connectivity index (χ2n) is 13.6. The van der Waals surface area contributed by atoms with Crippen LogP contribution >= 0.6 is 0 Å². The zero-order chi connectivity index (χ0) is 35.0. The van der Waals surface area contributed by atoms with Gasteiger partial charge >= 0.3 is 0 Å². The fourth-order valence-electron chi connectivity index (χ4n) is 6.92. The van der Waals surface area contributed by atoms with Crippen LogP contribution in [0.25, 0.3) is 29.0 Å². The third-order valence-corrected chi connectivity index (χ3v) is 9.85. The number of para-hydroxylation sites is 1. The lowest BCUT2D eigenvalue weighted by atomic mass is 9.92. The van der Waals surface area contributed by atoms with Crippen molar-refractivity contribution in [3.63, 3.8) is 0 Å². The summed E-state index contributed by atoms with van der Waals surface area (Å²) in [6.07, 6.45) is 18.9. The fourth-order valence-corrected chi connectivity index (χ4v) is 6.92. The molecule has 6 aromatic rings. The minimum atomic E-state index is 0.304. The number of hydrogen-bond donors (Lipinski definition) is 0. The van der Waals surface area contributed by atoms with Gasteiger partial charge in [-0.1, -0.05) is 145 Å². The van der Waals surface area contributed by atoms with Gasteiger partial charge < -0.3 is 9.80 Å². The van der Waals surface area contributed by atoms with Gasteiger partial charge in [0.25, 0.3) is 0 Å². The highest BCUT2D eigenvalue weighted by Gasteiger charge is 2.20. The van der Waals surface area contributed by atoms with Gasteiger partial charge in [0.15, 0.2) is 0 Å². The Kier molecular flexibility index (Phi) is 10.4. The van der Waals surface area contributed by atoms with Crippen LogP contribution in [0.15, 0.2) is 169 Å². The van der Waals surface area contributed by atoms with E-state index in [1.54, 1.807) is 0 Å². The van der Waals surface area contributed by atoms with Gasteiger partial charge in [-0.2, -0.15) is 0 Å². The van der Waals surface area contributed by atoms with Gasteiger partial charge in [0, 0.05) is 29.8 Å². The van der Waals surface area contributed by atoms with Crippen LogP contribution in [0.3, 0.4) is 0 Å². The van der Waals surface area contributed by atoms with Crippen LogP contribution < -0.4 is 9.80 Å². The molecule has 2 nitrogen and oxygen atoms in total. The van der Waals surface area contributed by atoms with Crippen molar-refractivity contribution in [3.05, 3.63) is 197 Å². The molecule has 0 bridgehead atoms. The highest BCUT2D eigenvalue weighted by molar-refractivity contribution is 5.83. The van der Waals surface area contributed by atoms with Gasteiger partial charge in [0.1, 0.15) is 0 Å². The third kappa shape index (κ3) is 8.31. The lowest BCUT2D eigenvalue weighted by molar-refractivity contribution is 0.783. The van der Waals surface area contributed by atoms with Gasteiger partial charge in [-0.25, -0.2) is 0 Å². The van der Waals surface area contributed by atoms with Gasteiger partial charge in [-0.05, 0) is 115 Å².